The average molecular weight is 546 g/mol. The number of nitrogens with one attached hydrogen (secondary N) is 1. The molecule has 2 aromatic carbocycles. The first-order valence-corrected chi connectivity index (χ1v) is 14.9. The van der Waals surface area contributed by atoms with Crippen LogP contribution in [0, 0.1) is 0 Å². The molecule has 0 bridgehead atoms. The van der Waals surface area contributed by atoms with E-state index in [4.69, 9.17) is 9.47 Å². The number of anilines is 1. The summed E-state index contributed by atoms with van der Waals surface area (Å²) in [7, 11) is -0.988. The minimum atomic E-state index is -3.89. The Hall–Kier alpha value is -3.27. The maximum atomic E-state index is 13.9. The Morgan fingerprint density at radius 3 is 2.32 bits per heavy atom. The van der Waals surface area contributed by atoms with Crippen molar-refractivity contribution in [1.82, 2.24) is 10.2 Å². The van der Waals surface area contributed by atoms with Gasteiger partial charge in [-0.25, -0.2) is 8.42 Å². The smallest absolute Gasteiger partial charge is 0.244 e. The van der Waals surface area contributed by atoms with E-state index in [0.29, 0.717) is 18.6 Å². The Morgan fingerprint density at radius 1 is 1.05 bits per heavy atom. The SMILES string of the molecule is CCC(C(=O)NC1CCCC1)N(CCc1ccccc1)C(=O)CN(c1cc(OC)ccc1OC)S(C)(=O)=O. The van der Waals surface area contributed by atoms with Crippen LogP contribution in [0.15, 0.2) is 48.5 Å². The third-order valence-electron chi connectivity index (χ3n) is 6.91. The van der Waals surface area contributed by atoms with Crippen LogP contribution >= 0.6 is 0 Å². The lowest BCUT2D eigenvalue weighted by Gasteiger charge is -2.33. The molecule has 0 saturated heterocycles. The lowest BCUT2D eigenvalue weighted by atomic mass is 10.1. The third-order valence-corrected chi connectivity index (χ3v) is 8.03. The van der Waals surface area contributed by atoms with Crippen LogP contribution < -0.4 is 19.1 Å². The molecule has 0 spiro atoms. The standard InChI is InChI=1S/C28H39N3O6S/c1-5-24(28(33)29-22-13-9-10-14-22)30(18-17-21-11-7-6-8-12-21)27(32)20-31(38(4,34)35)25-19-23(36-2)15-16-26(25)37-3/h6-8,11-12,15-16,19,22,24H,5,9-10,13-14,17-18,20H2,1-4H3,(H,29,33). The molecule has 0 aliphatic heterocycles. The first kappa shape index (κ1) is 29.3. The van der Waals surface area contributed by atoms with Gasteiger partial charge in [-0.1, -0.05) is 50.1 Å². The number of nitrogens with zero attached hydrogens (tertiary/aromatic N) is 2. The molecule has 38 heavy (non-hydrogen) atoms. The van der Waals surface area contributed by atoms with E-state index >= 15 is 0 Å². The Balaban J connectivity index is 1.93. The summed E-state index contributed by atoms with van der Waals surface area (Å²) >= 11 is 0. The van der Waals surface area contributed by atoms with Gasteiger partial charge in [0.05, 0.1) is 26.2 Å². The van der Waals surface area contributed by atoms with Crippen LogP contribution in [0.1, 0.15) is 44.6 Å². The highest BCUT2D eigenvalue weighted by Crippen LogP contribution is 2.34. The summed E-state index contributed by atoms with van der Waals surface area (Å²) in [4.78, 5) is 28.7. The van der Waals surface area contributed by atoms with Crippen molar-refractivity contribution >= 4 is 27.5 Å². The zero-order valence-electron chi connectivity index (χ0n) is 22.7. The number of ether oxygens (including phenoxy) is 2. The van der Waals surface area contributed by atoms with Crippen molar-refractivity contribution in [2.45, 2.75) is 57.5 Å². The van der Waals surface area contributed by atoms with E-state index in [0.717, 1.165) is 41.8 Å². The quantitative estimate of drug-likeness (QED) is 0.414. The zero-order valence-corrected chi connectivity index (χ0v) is 23.5. The van der Waals surface area contributed by atoms with Gasteiger partial charge in [-0.15, -0.1) is 0 Å². The van der Waals surface area contributed by atoms with Crippen molar-refractivity contribution in [1.29, 1.82) is 0 Å². The van der Waals surface area contributed by atoms with Crippen molar-refractivity contribution in [3.05, 3.63) is 54.1 Å². The zero-order chi connectivity index (χ0) is 27.7. The molecule has 1 aliphatic carbocycles. The topological polar surface area (TPSA) is 105 Å². The summed E-state index contributed by atoms with van der Waals surface area (Å²) in [5.74, 6) is 0.0337. The summed E-state index contributed by atoms with van der Waals surface area (Å²) in [6.07, 6.45) is 5.97. The Morgan fingerprint density at radius 2 is 1.74 bits per heavy atom. The summed E-state index contributed by atoms with van der Waals surface area (Å²) < 4.78 is 37.5. The molecular formula is C28H39N3O6S. The van der Waals surface area contributed by atoms with E-state index in [9.17, 15) is 18.0 Å². The Kier molecular flexibility index (Phi) is 10.4. The third kappa shape index (κ3) is 7.63. The average Bonchev–Trinajstić information content (AvgIpc) is 3.42. The molecule has 2 aromatic rings. The molecule has 1 fully saturated rings. The molecule has 1 unspecified atom stereocenters. The van der Waals surface area contributed by atoms with Crippen LogP contribution in [-0.2, 0) is 26.0 Å². The van der Waals surface area contributed by atoms with Gasteiger partial charge in [-0.05, 0) is 43.4 Å². The van der Waals surface area contributed by atoms with Crippen molar-refractivity contribution in [2.75, 3.05) is 37.9 Å². The lowest BCUT2D eigenvalue weighted by Crippen LogP contribution is -2.54. The van der Waals surface area contributed by atoms with E-state index in [-0.39, 0.29) is 29.9 Å². The number of amides is 2. The Labute approximate surface area is 226 Å². The summed E-state index contributed by atoms with van der Waals surface area (Å²) in [5, 5.41) is 3.11. The number of methoxy groups -OCH3 is 2. The number of benzene rings is 2. The molecule has 1 saturated carbocycles. The van der Waals surface area contributed by atoms with E-state index in [1.165, 1.54) is 25.2 Å². The monoisotopic (exact) mass is 545 g/mol. The maximum Gasteiger partial charge on any atom is 0.244 e. The van der Waals surface area contributed by atoms with Crippen LogP contribution in [-0.4, -0.2) is 70.8 Å². The van der Waals surface area contributed by atoms with Crippen LogP contribution in [0.5, 0.6) is 11.5 Å². The van der Waals surface area contributed by atoms with Gasteiger partial charge in [-0.2, -0.15) is 0 Å². The molecule has 1 atom stereocenters. The predicted octanol–water partition coefficient (Wildman–Crippen LogP) is 3.38. The van der Waals surface area contributed by atoms with Gasteiger partial charge in [-0.3, -0.25) is 13.9 Å². The van der Waals surface area contributed by atoms with Gasteiger partial charge in [0.25, 0.3) is 0 Å². The second kappa shape index (κ2) is 13.5. The molecule has 208 valence electrons. The number of sulfonamides is 1. The number of carbonyl (C=O) groups is 2. The molecule has 0 heterocycles. The number of rotatable bonds is 13. The second-order valence-electron chi connectivity index (χ2n) is 9.54. The molecule has 3 rings (SSSR count). The fourth-order valence-electron chi connectivity index (χ4n) is 4.85. The minimum absolute atomic E-state index is 0.108. The molecule has 2 amide bonds. The largest absolute Gasteiger partial charge is 0.497 e. The Bertz CT molecular complexity index is 1180. The summed E-state index contributed by atoms with van der Waals surface area (Å²) in [6, 6.07) is 13.8. The van der Waals surface area contributed by atoms with Crippen molar-refractivity contribution in [2.24, 2.45) is 0 Å². The predicted molar refractivity (Wildman–Crippen MR) is 148 cm³/mol. The highest BCUT2D eigenvalue weighted by Gasteiger charge is 2.33. The molecule has 10 heteroatoms. The van der Waals surface area contributed by atoms with E-state index in [2.05, 4.69) is 5.32 Å². The molecular weight excluding hydrogens is 506 g/mol. The normalized spacial score (nSPS) is 14.5. The van der Waals surface area contributed by atoms with E-state index in [1.54, 1.807) is 12.1 Å². The van der Waals surface area contributed by atoms with Crippen LogP contribution in [0.3, 0.4) is 0 Å². The maximum absolute atomic E-state index is 13.9. The molecule has 1 N–H and O–H groups in total. The van der Waals surface area contributed by atoms with Crippen molar-refractivity contribution in [3.8, 4) is 11.5 Å². The fourth-order valence-corrected chi connectivity index (χ4v) is 5.69. The van der Waals surface area contributed by atoms with Crippen molar-refractivity contribution < 1.29 is 27.5 Å². The lowest BCUT2D eigenvalue weighted by molar-refractivity contribution is -0.139. The molecule has 9 nitrogen and oxygen atoms in total. The summed E-state index contributed by atoms with van der Waals surface area (Å²) in [6.45, 7) is 1.65. The van der Waals surface area contributed by atoms with Crippen LogP contribution in [0.2, 0.25) is 0 Å². The molecule has 0 aromatic heterocycles. The van der Waals surface area contributed by atoms with Crippen LogP contribution in [0.25, 0.3) is 0 Å². The summed E-state index contributed by atoms with van der Waals surface area (Å²) in [5.41, 5.74) is 1.21. The van der Waals surface area contributed by atoms with Gasteiger partial charge in [0.1, 0.15) is 24.1 Å². The van der Waals surface area contributed by atoms with Gasteiger partial charge >= 0.3 is 0 Å². The van der Waals surface area contributed by atoms with Crippen molar-refractivity contribution in [3.63, 3.8) is 0 Å². The number of hydrogen-bond acceptors (Lipinski definition) is 6. The fraction of sp³-hybridized carbons (Fsp3) is 0.500. The number of carbonyl (C=O) groups excluding carboxylic acids is 2. The highest BCUT2D eigenvalue weighted by molar-refractivity contribution is 7.92. The van der Waals surface area contributed by atoms with Gasteiger partial charge in [0.15, 0.2) is 0 Å². The molecule has 1 aliphatic rings. The van der Waals surface area contributed by atoms with Gasteiger partial charge in [0, 0.05) is 18.7 Å². The first-order valence-electron chi connectivity index (χ1n) is 13.0. The number of hydrogen-bond donors (Lipinski definition) is 1. The molecule has 0 radical (unpaired) electrons. The van der Waals surface area contributed by atoms with E-state index < -0.39 is 28.5 Å². The van der Waals surface area contributed by atoms with E-state index in [1.807, 2.05) is 37.3 Å². The van der Waals surface area contributed by atoms with Crippen LogP contribution in [0.4, 0.5) is 5.69 Å². The van der Waals surface area contributed by atoms with Gasteiger partial charge < -0.3 is 19.7 Å². The minimum Gasteiger partial charge on any atom is -0.497 e. The highest BCUT2D eigenvalue weighted by atomic mass is 32.2. The second-order valence-corrected chi connectivity index (χ2v) is 11.5. The first-order chi connectivity index (χ1) is 18.2. The van der Waals surface area contributed by atoms with Gasteiger partial charge in [0.2, 0.25) is 21.8 Å².